The lowest BCUT2D eigenvalue weighted by molar-refractivity contribution is -0.156. The maximum Gasteiger partial charge on any atom is 0.305 e. The smallest absolute Gasteiger partial charge is 0.305 e. The second-order valence-electron chi connectivity index (χ2n) is 16.0. The molecule has 2 N–H and O–H groups in total. The number of aliphatic hydroxyl groups is 1. The molecule has 0 amide bonds. The molecule has 0 aromatic carbocycles. The summed E-state index contributed by atoms with van der Waals surface area (Å²) in [5, 5.41) is 14.1. The van der Waals surface area contributed by atoms with Gasteiger partial charge in [-0.3, -0.25) is 14.4 Å². The van der Waals surface area contributed by atoms with Gasteiger partial charge in [0.15, 0.2) is 6.29 Å². The Bertz CT molecular complexity index is 850. The molecule has 0 aromatic rings. The first-order valence-electron chi connectivity index (χ1n) is 22.9. The van der Waals surface area contributed by atoms with E-state index < -0.39 is 6.29 Å². The summed E-state index contributed by atoms with van der Waals surface area (Å²) in [6.45, 7) is 8.34. The van der Waals surface area contributed by atoms with Crippen LogP contribution in [0, 0.1) is 5.92 Å². The van der Waals surface area contributed by atoms with Gasteiger partial charge in [0, 0.05) is 25.2 Å². The Kier molecular flexibility index (Phi) is 34.4. The number of unbranched alkanes of at least 4 members (excludes halogenated alkanes) is 18. The van der Waals surface area contributed by atoms with Crippen molar-refractivity contribution in [3.05, 3.63) is 0 Å². The molecule has 3 atom stereocenters. The molecular weight excluding hydrogens is 682 g/mol. The summed E-state index contributed by atoms with van der Waals surface area (Å²) in [4.78, 5) is 37.3. The fourth-order valence-corrected chi connectivity index (χ4v) is 7.18. The first-order chi connectivity index (χ1) is 26.4. The van der Waals surface area contributed by atoms with Crippen LogP contribution in [0.2, 0.25) is 0 Å². The number of hydrogen-bond donors (Lipinski definition) is 2. The van der Waals surface area contributed by atoms with Gasteiger partial charge in [-0.25, -0.2) is 0 Å². The van der Waals surface area contributed by atoms with E-state index in [1.54, 1.807) is 0 Å². The van der Waals surface area contributed by atoms with Crippen LogP contribution in [0.3, 0.4) is 0 Å². The molecule has 1 fully saturated rings. The number of ether oxygens (including phenoxy) is 4. The Balaban J connectivity index is 2.40. The van der Waals surface area contributed by atoms with Crippen molar-refractivity contribution in [1.29, 1.82) is 0 Å². The molecule has 1 saturated heterocycles. The molecule has 1 aliphatic heterocycles. The maximum atomic E-state index is 12.6. The maximum absolute atomic E-state index is 12.6. The Hall–Kier alpha value is -1.71. The lowest BCUT2D eigenvalue weighted by atomic mass is 10.0. The van der Waals surface area contributed by atoms with Crippen molar-refractivity contribution in [3.63, 3.8) is 0 Å². The molecule has 1 heterocycles. The van der Waals surface area contributed by atoms with E-state index in [4.69, 9.17) is 18.9 Å². The molecule has 0 aromatic heterocycles. The second kappa shape index (κ2) is 36.9. The number of nitrogens with one attached hydrogen (secondary N) is 1. The van der Waals surface area contributed by atoms with Gasteiger partial charge in [0.05, 0.1) is 32.0 Å². The SMILES string of the molecule is CCCCCCCCCCCCC(CCCOC(=O)CCCCC(COC(=O)CCCCCCC)COC(=O)CCCCCCC)OC(O)[C@@H]1CCCN1. The first-order valence-corrected chi connectivity index (χ1v) is 22.9. The van der Waals surface area contributed by atoms with E-state index in [9.17, 15) is 19.5 Å². The van der Waals surface area contributed by atoms with Crippen LogP contribution in [0.15, 0.2) is 0 Å². The van der Waals surface area contributed by atoms with E-state index in [2.05, 4.69) is 26.1 Å². The highest BCUT2D eigenvalue weighted by Gasteiger charge is 2.26. The second-order valence-corrected chi connectivity index (χ2v) is 16.0. The molecule has 0 radical (unpaired) electrons. The molecular formula is C45H85NO8. The van der Waals surface area contributed by atoms with Gasteiger partial charge in [0.25, 0.3) is 0 Å². The topological polar surface area (TPSA) is 120 Å². The highest BCUT2D eigenvalue weighted by atomic mass is 16.6. The number of carbonyl (C=O) groups is 3. The van der Waals surface area contributed by atoms with E-state index in [0.717, 1.165) is 83.6 Å². The van der Waals surface area contributed by atoms with Crippen molar-refractivity contribution in [2.75, 3.05) is 26.4 Å². The van der Waals surface area contributed by atoms with Gasteiger partial charge in [0.1, 0.15) is 0 Å². The first kappa shape index (κ1) is 50.3. The summed E-state index contributed by atoms with van der Waals surface area (Å²) in [5.41, 5.74) is 0. The van der Waals surface area contributed by atoms with E-state index in [1.807, 2.05) is 0 Å². The van der Waals surface area contributed by atoms with Crippen LogP contribution in [-0.4, -0.2) is 67.8 Å². The van der Waals surface area contributed by atoms with Crippen LogP contribution in [0.4, 0.5) is 0 Å². The minimum Gasteiger partial charge on any atom is -0.466 e. The summed E-state index contributed by atoms with van der Waals surface area (Å²) >= 11 is 0. The zero-order valence-corrected chi connectivity index (χ0v) is 35.4. The van der Waals surface area contributed by atoms with Crippen LogP contribution in [0.25, 0.3) is 0 Å². The highest BCUT2D eigenvalue weighted by molar-refractivity contribution is 5.70. The molecule has 0 saturated carbocycles. The quantitative estimate of drug-likeness (QED) is 0.0272. The average molecular weight is 768 g/mol. The molecule has 9 heteroatoms. The molecule has 1 rings (SSSR count). The Morgan fingerprint density at radius 3 is 1.48 bits per heavy atom. The monoisotopic (exact) mass is 768 g/mol. The number of esters is 3. The lowest BCUT2D eigenvalue weighted by Crippen LogP contribution is -2.39. The van der Waals surface area contributed by atoms with Crippen molar-refractivity contribution in [1.82, 2.24) is 5.32 Å². The summed E-state index contributed by atoms with van der Waals surface area (Å²) < 4.78 is 22.9. The summed E-state index contributed by atoms with van der Waals surface area (Å²) in [6, 6.07) is -0.00243. The predicted octanol–water partition coefficient (Wildman–Crippen LogP) is 11.1. The van der Waals surface area contributed by atoms with E-state index >= 15 is 0 Å². The fraction of sp³-hybridized carbons (Fsp3) is 0.933. The van der Waals surface area contributed by atoms with Crippen LogP contribution < -0.4 is 5.32 Å². The van der Waals surface area contributed by atoms with Gasteiger partial charge in [-0.1, -0.05) is 143 Å². The molecule has 1 aliphatic rings. The number of hydrogen-bond acceptors (Lipinski definition) is 9. The van der Waals surface area contributed by atoms with Gasteiger partial charge in [-0.05, 0) is 64.3 Å². The number of carbonyl (C=O) groups excluding carboxylic acids is 3. The Morgan fingerprint density at radius 1 is 0.556 bits per heavy atom. The van der Waals surface area contributed by atoms with Crippen molar-refractivity contribution in [3.8, 4) is 0 Å². The third-order valence-corrected chi connectivity index (χ3v) is 10.8. The molecule has 0 aliphatic carbocycles. The van der Waals surface area contributed by atoms with E-state index in [1.165, 1.54) is 83.5 Å². The molecule has 2 unspecified atom stereocenters. The molecule has 9 nitrogen and oxygen atoms in total. The molecule has 318 valence electrons. The van der Waals surface area contributed by atoms with Gasteiger partial charge in [-0.2, -0.15) is 0 Å². The molecule has 54 heavy (non-hydrogen) atoms. The van der Waals surface area contributed by atoms with E-state index in [0.29, 0.717) is 45.1 Å². The minimum absolute atomic E-state index is 0.00243. The zero-order valence-electron chi connectivity index (χ0n) is 35.4. The van der Waals surface area contributed by atoms with Crippen molar-refractivity contribution >= 4 is 17.9 Å². The highest BCUT2D eigenvalue weighted by Crippen LogP contribution is 2.20. The van der Waals surface area contributed by atoms with Gasteiger partial charge in [0.2, 0.25) is 0 Å². The Morgan fingerprint density at radius 2 is 0.981 bits per heavy atom. The van der Waals surface area contributed by atoms with Gasteiger partial charge >= 0.3 is 17.9 Å². The Labute approximate surface area is 331 Å². The lowest BCUT2D eigenvalue weighted by Gasteiger charge is -2.25. The van der Waals surface area contributed by atoms with Crippen molar-refractivity contribution in [2.24, 2.45) is 5.92 Å². The van der Waals surface area contributed by atoms with Crippen LogP contribution in [0.5, 0.6) is 0 Å². The third kappa shape index (κ3) is 30.5. The van der Waals surface area contributed by atoms with E-state index in [-0.39, 0.29) is 49.2 Å². The third-order valence-electron chi connectivity index (χ3n) is 10.8. The molecule has 0 bridgehead atoms. The van der Waals surface area contributed by atoms with Crippen molar-refractivity contribution in [2.45, 2.75) is 238 Å². The summed E-state index contributed by atoms with van der Waals surface area (Å²) in [6.07, 6.45) is 30.4. The minimum atomic E-state index is -0.801. The summed E-state index contributed by atoms with van der Waals surface area (Å²) in [5.74, 6) is -0.680. The van der Waals surface area contributed by atoms with Crippen LogP contribution in [-0.2, 0) is 33.3 Å². The number of aliphatic hydroxyl groups excluding tert-OH is 1. The standard InChI is InChI=1S/C45H85NO8/c1-4-7-10-13-14-15-16-17-20-21-29-40(54-45(50)41-31-26-35-46-41)30-27-36-51-42(47)34-25-24-28-39(37-52-43(48)32-22-18-11-8-5-2)38-53-44(49)33-23-19-12-9-6-3/h39-41,45-46,50H,4-38H2,1-3H3/t40?,41-,45?/m0/s1. The number of rotatable bonds is 39. The van der Waals surface area contributed by atoms with Gasteiger partial charge in [-0.15, -0.1) is 0 Å². The molecule has 0 spiro atoms. The summed E-state index contributed by atoms with van der Waals surface area (Å²) in [7, 11) is 0. The average Bonchev–Trinajstić information content (AvgIpc) is 3.72. The largest absolute Gasteiger partial charge is 0.466 e. The predicted molar refractivity (Wildman–Crippen MR) is 219 cm³/mol. The fourth-order valence-electron chi connectivity index (χ4n) is 7.18. The van der Waals surface area contributed by atoms with Crippen molar-refractivity contribution < 1.29 is 38.4 Å². The normalized spacial score (nSPS) is 15.4. The van der Waals surface area contributed by atoms with Crippen LogP contribution in [0.1, 0.15) is 220 Å². The zero-order chi connectivity index (χ0) is 39.3. The van der Waals surface area contributed by atoms with Gasteiger partial charge < -0.3 is 29.4 Å². The van der Waals surface area contributed by atoms with Crippen LogP contribution >= 0.6 is 0 Å².